The second kappa shape index (κ2) is 5.19. The van der Waals surface area contributed by atoms with E-state index in [4.69, 9.17) is 0 Å². The van der Waals surface area contributed by atoms with E-state index in [1.165, 1.54) is 24.0 Å². The second-order valence-electron chi connectivity index (χ2n) is 4.04. The lowest BCUT2D eigenvalue weighted by Gasteiger charge is -2.09. The molecule has 0 N–H and O–H groups in total. The van der Waals surface area contributed by atoms with Crippen LogP contribution in [0, 0.1) is 12.8 Å². The van der Waals surface area contributed by atoms with Crippen LogP contribution in [0.1, 0.15) is 50.7 Å². The molecule has 1 saturated carbocycles. The third-order valence-corrected chi connectivity index (χ3v) is 2.93. The van der Waals surface area contributed by atoms with Gasteiger partial charge in [-0.25, -0.2) is 0 Å². The Balaban J connectivity index is 0.000000461. The van der Waals surface area contributed by atoms with Crippen molar-refractivity contribution in [1.82, 2.24) is 0 Å². The Morgan fingerprint density at radius 2 is 1.57 bits per heavy atom. The molecule has 0 heteroatoms. The lowest BCUT2D eigenvalue weighted by molar-refractivity contribution is 0.664. The summed E-state index contributed by atoms with van der Waals surface area (Å²) in [5, 5.41) is 0. The molecule has 1 aliphatic carbocycles. The average Bonchev–Trinajstić information content (AvgIpc) is 3.04. The van der Waals surface area contributed by atoms with Crippen molar-refractivity contribution in [3.63, 3.8) is 0 Å². The molecule has 0 radical (unpaired) electrons. The zero-order chi connectivity index (χ0) is 10.6. The van der Waals surface area contributed by atoms with Crippen molar-refractivity contribution >= 4 is 0 Å². The normalized spacial score (nSPS) is 16.9. The molecule has 0 aromatic heterocycles. The Labute approximate surface area is 88.4 Å². The minimum atomic E-state index is 0.783. The van der Waals surface area contributed by atoms with Crippen LogP contribution in [0.2, 0.25) is 0 Å². The van der Waals surface area contributed by atoms with Crippen LogP contribution in [0.5, 0.6) is 0 Å². The summed E-state index contributed by atoms with van der Waals surface area (Å²) in [7, 11) is 0. The predicted octanol–water partition coefficient (Wildman–Crippen LogP) is 4.53. The molecule has 1 aromatic rings. The largest absolute Gasteiger partial charge is 0.0683 e. The molecule has 2 rings (SSSR count). The molecule has 0 bridgehead atoms. The van der Waals surface area contributed by atoms with Gasteiger partial charge in [0, 0.05) is 0 Å². The molecule has 0 nitrogen and oxygen atoms in total. The smallest absolute Gasteiger partial charge is 0.0162 e. The quantitative estimate of drug-likeness (QED) is 0.642. The van der Waals surface area contributed by atoms with Crippen molar-refractivity contribution in [2.24, 2.45) is 5.92 Å². The van der Waals surface area contributed by atoms with Crippen molar-refractivity contribution in [2.45, 2.75) is 46.5 Å². The lowest BCUT2D eigenvalue weighted by atomic mass is 9.96. The maximum absolute atomic E-state index is 2.35. The van der Waals surface area contributed by atoms with E-state index < -0.39 is 0 Å². The number of rotatable bonds is 2. The van der Waals surface area contributed by atoms with Gasteiger partial charge in [0.25, 0.3) is 0 Å². The molecule has 0 amide bonds. The number of hydrogen-bond donors (Lipinski definition) is 0. The van der Waals surface area contributed by atoms with E-state index in [9.17, 15) is 0 Å². The van der Waals surface area contributed by atoms with Gasteiger partial charge in [0.15, 0.2) is 0 Å². The van der Waals surface area contributed by atoms with Gasteiger partial charge in [-0.2, -0.15) is 0 Å². The Morgan fingerprint density at radius 3 is 2.00 bits per heavy atom. The predicted molar refractivity (Wildman–Crippen MR) is 63.7 cm³/mol. The standard InChI is InChI=1S/C12H16.C2H6/c1-9-3-5-11(6-4-9)10(2)12-7-8-12;1-2/h3-6,10,12H,7-8H2,1-2H3;1-2H3. The molecular formula is C14H22. The zero-order valence-electron chi connectivity index (χ0n) is 9.88. The molecule has 14 heavy (non-hydrogen) atoms. The summed E-state index contributed by atoms with van der Waals surface area (Å²) in [6, 6.07) is 8.99. The summed E-state index contributed by atoms with van der Waals surface area (Å²) in [6.45, 7) is 8.49. The Morgan fingerprint density at radius 1 is 1.07 bits per heavy atom. The molecule has 0 heterocycles. The minimum Gasteiger partial charge on any atom is -0.0683 e. The monoisotopic (exact) mass is 190 g/mol. The highest BCUT2D eigenvalue weighted by Crippen LogP contribution is 2.42. The molecule has 1 atom stereocenters. The van der Waals surface area contributed by atoms with Crippen molar-refractivity contribution in [1.29, 1.82) is 0 Å². The van der Waals surface area contributed by atoms with Gasteiger partial charge in [0.2, 0.25) is 0 Å². The van der Waals surface area contributed by atoms with Gasteiger partial charge in [-0.05, 0) is 37.2 Å². The van der Waals surface area contributed by atoms with E-state index in [2.05, 4.69) is 38.1 Å². The maximum atomic E-state index is 2.35. The molecule has 0 aliphatic heterocycles. The van der Waals surface area contributed by atoms with Crippen LogP contribution in [0.3, 0.4) is 0 Å². The van der Waals surface area contributed by atoms with E-state index in [0.717, 1.165) is 11.8 Å². The van der Waals surface area contributed by atoms with Gasteiger partial charge in [-0.1, -0.05) is 50.6 Å². The maximum Gasteiger partial charge on any atom is -0.0162 e. The van der Waals surface area contributed by atoms with Crippen molar-refractivity contribution in [3.8, 4) is 0 Å². The van der Waals surface area contributed by atoms with Gasteiger partial charge in [0.05, 0.1) is 0 Å². The van der Waals surface area contributed by atoms with Crippen molar-refractivity contribution in [3.05, 3.63) is 35.4 Å². The highest BCUT2D eigenvalue weighted by atomic mass is 14.3. The summed E-state index contributed by atoms with van der Waals surface area (Å²) in [4.78, 5) is 0. The van der Waals surface area contributed by atoms with Crippen LogP contribution in [-0.2, 0) is 0 Å². The van der Waals surface area contributed by atoms with Crippen molar-refractivity contribution < 1.29 is 0 Å². The first-order valence-corrected chi connectivity index (χ1v) is 5.84. The highest BCUT2D eigenvalue weighted by Gasteiger charge is 2.28. The van der Waals surface area contributed by atoms with E-state index in [-0.39, 0.29) is 0 Å². The van der Waals surface area contributed by atoms with E-state index >= 15 is 0 Å². The van der Waals surface area contributed by atoms with Gasteiger partial charge in [-0.15, -0.1) is 0 Å². The van der Waals surface area contributed by atoms with Crippen LogP contribution in [0.15, 0.2) is 24.3 Å². The van der Waals surface area contributed by atoms with Crippen LogP contribution in [-0.4, -0.2) is 0 Å². The van der Waals surface area contributed by atoms with Gasteiger partial charge < -0.3 is 0 Å². The third-order valence-electron chi connectivity index (χ3n) is 2.93. The fourth-order valence-corrected chi connectivity index (χ4v) is 1.74. The van der Waals surface area contributed by atoms with Gasteiger partial charge in [-0.3, -0.25) is 0 Å². The first-order chi connectivity index (χ1) is 6.77. The van der Waals surface area contributed by atoms with Gasteiger partial charge >= 0.3 is 0 Å². The van der Waals surface area contributed by atoms with Crippen LogP contribution in [0.4, 0.5) is 0 Å². The Hall–Kier alpha value is -0.780. The first-order valence-electron chi connectivity index (χ1n) is 5.84. The number of aryl methyl sites for hydroxylation is 1. The summed E-state index contributed by atoms with van der Waals surface area (Å²) < 4.78 is 0. The molecule has 78 valence electrons. The number of benzene rings is 1. The Bertz CT molecular complexity index is 254. The molecule has 1 fully saturated rings. The fraction of sp³-hybridized carbons (Fsp3) is 0.571. The van der Waals surface area contributed by atoms with Gasteiger partial charge in [0.1, 0.15) is 0 Å². The lowest BCUT2D eigenvalue weighted by Crippen LogP contribution is -1.94. The molecule has 0 spiro atoms. The average molecular weight is 190 g/mol. The molecule has 0 saturated heterocycles. The first kappa shape index (κ1) is 11.3. The minimum absolute atomic E-state index is 0.783. The summed E-state index contributed by atoms with van der Waals surface area (Å²) in [6.07, 6.45) is 2.88. The highest BCUT2D eigenvalue weighted by molar-refractivity contribution is 5.25. The molecule has 1 aliphatic rings. The van der Waals surface area contributed by atoms with Crippen molar-refractivity contribution in [2.75, 3.05) is 0 Å². The third kappa shape index (κ3) is 2.87. The second-order valence-corrected chi connectivity index (χ2v) is 4.04. The fourth-order valence-electron chi connectivity index (χ4n) is 1.74. The van der Waals surface area contributed by atoms with Crippen LogP contribution < -0.4 is 0 Å². The Kier molecular flexibility index (Phi) is 4.19. The summed E-state index contributed by atoms with van der Waals surface area (Å²) in [5.41, 5.74) is 2.88. The van der Waals surface area contributed by atoms with E-state index in [1.807, 2.05) is 13.8 Å². The van der Waals surface area contributed by atoms with Crippen LogP contribution in [0.25, 0.3) is 0 Å². The van der Waals surface area contributed by atoms with E-state index in [1.54, 1.807) is 0 Å². The molecular weight excluding hydrogens is 168 g/mol. The zero-order valence-corrected chi connectivity index (χ0v) is 9.88. The summed E-state index contributed by atoms with van der Waals surface area (Å²) in [5.74, 6) is 1.76. The van der Waals surface area contributed by atoms with E-state index in [0.29, 0.717) is 0 Å². The van der Waals surface area contributed by atoms with Crippen LogP contribution >= 0.6 is 0 Å². The topological polar surface area (TPSA) is 0 Å². The number of hydrogen-bond acceptors (Lipinski definition) is 0. The molecule has 1 unspecified atom stereocenters. The SMILES string of the molecule is CC.Cc1ccc(C(C)C2CC2)cc1. The summed E-state index contributed by atoms with van der Waals surface area (Å²) >= 11 is 0. The molecule has 1 aromatic carbocycles.